The number of benzene rings is 1. The predicted molar refractivity (Wildman–Crippen MR) is 65.9 cm³/mol. The summed E-state index contributed by atoms with van der Waals surface area (Å²) >= 11 is 3.31. The lowest BCUT2D eigenvalue weighted by Gasteiger charge is -2.25. The molecule has 1 fully saturated rings. The summed E-state index contributed by atoms with van der Waals surface area (Å²) in [4.78, 5) is 24.9. The van der Waals surface area contributed by atoms with Gasteiger partial charge in [0.25, 0.3) is 0 Å². The molecule has 0 aliphatic carbocycles. The number of hydrogen-bond donors (Lipinski definition) is 0. The molecule has 0 N–H and O–H groups in total. The zero-order valence-electron chi connectivity index (χ0n) is 9.19. The second-order valence-corrected chi connectivity index (χ2v) is 4.71. The summed E-state index contributed by atoms with van der Waals surface area (Å²) in [5.74, 6) is -0.172. The summed E-state index contributed by atoms with van der Waals surface area (Å²) in [7, 11) is 0. The minimum Gasteiger partial charge on any atom is -0.370 e. The molecule has 5 heteroatoms. The van der Waals surface area contributed by atoms with Crippen molar-refractivity contribution in [2.75, 3.05) is 26.3 Å². The zero-order valence-corrected chi connectivity index (χ0v) is 10.8. The van der Waals surface area contributed by atoms with Crippen LogP contribution in [0.4, 0.5) is 0 Å². The molecule has 0 atom stereocenters. The Kier molecular flexibility index (Phi) is 3.91. The molecule has 0 aromatic heterocycles. The zero-order chi connectivity index (χ0) is 12.3. The lowest BCUT2D eigenvalue weighted by molar-refractivity contribution is -0.141. The Morgan fingerprint density at radius 1 is 1.35 bits per heavy atom. The van der Waals surface area contributed by atoms with Crippen LogP contribution in [0.5, 0.6) is 0 Å². The van der Waals surface area contributed by atoms with Crippen LogP contribution in [0.1, 0.15) is 10.4 Å². The number of ether oxygens (including phenoxy) is 1. The van der Waals surface area contributed by atoms with E-state index in [1.165, 1.54) is 4.90 Å². The molecule has 1 heterocycles. The molecule has 0 saturated carbocycles. The Balaban J connectivity index is 2.01. The Bertz CT molecular complexity index is 430. The van der Waals surface area contributed by atoms with Gasteiger partial charge in [0.1, 0.15) is 6.61 Å². The average Bonchev–Trinajstić information content (AvgIpc) is 2.33. The summed E-state index contributed by atoms with van der Waals surface area (Å²) in [5, 5.41) is 0. The lowest BCUT2D eigenvalue weighted by atomic mass is 10.1. The van der Waals surface area contributed by atoms with Gasteiger partial charge >= 0.3 is 0 Å². The van der Waals surface area contributed by atoms with E-state index in [4.69, 9.17) is 4.74 Å². The summed E-state index contributed by atoms with van der Waals surface area (Å²) in [6.45, 7) is 1.19. The molecule has 0 bridgehead atoms. The fourth-order valence-corrected chi connectivity index (χ4v) is 1.88. The molecule has 0 unspecified atom stereocenters. The van der Waals surface area contributed by atoms with Gasteiger partial charge in [-0.15, -0.1) is 0 Å². The molecular weight excluding hydrogens is 286 g/mol. The van der Waals surface area contributed by atoms with E-state index in [1.807, 2.05) is 12.1 Å². The predicted octanol–water partition coefficient (Wildman–Crippen LogP) is 1.49. The van der Waals surface area contributed by atoms with E-state index in [0.717, 1.165) is 4.47 Å². The summed E-state index contributed by atoms with van der Waals surface area (Å²) in [6, 6.07) is 7.12. The van der Waals surface area contributed by atoms with Gasteiger partial charge in [-0.3, -0.25) is 9.59 Å². The summed E-state index contributed by atoms with van der Waals surface area (Å²) < 4.78 is 5.93. The normalized spacial score (nSPS) is 16.1. The second-order valence-electron chi connectivity index (χ2n) is 3.80. The van der Waals surface area contributed by atoms with Crippen LogP contribution in [0.15, 0.2) is 28.7 Å². The second kappa shape index (κ2) is 5.42. The topological polar surface area (TPSA) is 46.6 Å². The van der Waals surface area contributed by atoms with Crippen LogP contribution in [0.25, 0.3) is 0 Å². The van der Waals surface area contributed by atoms with E-state index in [1.54, 1.807) is 12.1 Å². The molecule has 1 saturated heterocycles. The molecule has 17 heavy (non-hydrogen) atoms. The fraction of sp³-hybridized carbons (Fsp3) is 0.333. The van der Waals surface area contributed by atoms with Crippen LogP contribution in [0, 0.1) is 0 Å². The van der Waals surface area contributed by atoms with Gasteiger partial charge in [-0.25, -0.2) is 0 Å². The highest BCUT2D eigenvalue weighted by Crippen LogP contribution is 2.11. The smallest absolute Gasteiger partial charge is 0.249 e. The number of ketones is 1. The number of carbonyl (C=O) groups excluding carboxylic acids is 2. The third kappa shape index (κ3) is 3.14. The Morgan fingerprint density at radius 2 is 2.06 bits per heavy atom. The van der Waals surface area contributed by atoms with Gasteiger partial charge in [-0.05, 0) is 12.1 Å². The van der Waals surface area contributed by atoms with E-state index in [0.29, 0.717) is 18.7 Å². The van der Waals surface area contributed by atoms with Gasteiger partial charge in [0.15, 0.2) is 5.78 Å². The maximum Gasteiger partial charge on any atom is 0.249 e. The van der Waals surface area contributed by atoms with E-state index < -0.39 is 0 Å². The molecular formula is C12H12BrNO3. The highest BCUT2D eigenvalue weighted by Gasteiger charge is 2.21. The Hall–Kier alpha value is -1.20. The number of hydrogen-bond acceptors (Lipinski definition) is 3. The van der Waals surface area contributed by atoms with Crippen molar-refractivity contribution in [2.24, 2.45) is 0 Å². The third-order valence-electron chi connectivity index (χ3n) is 2.58. The summed E-state index contributed by atoms with van der Waals surface area (Å²) in [5.41, 5.74) is 0.618. The minimum absolute atomic E-state index is 0.0484. The number of amides is 1. The van der Waals surface area contributed by atoms with Gasteiger partial charge in [-0.1, -0.05) is 28.1 Å². The molecule has 0 radical (unpaired) electrons. The van der Waals surface area contributed by atoms with Crippen LogP contribution < -0.4 is 0 Å². The van der Waals surface area contributed by atoms with Crippen molar-refractivity contribution in [1.29, 1.82) is 0 Å². The van der Waals surface area contributed by atoms with Crippen LogP contribution in [0.3, 0.4) is 0 Å². The molecule has 90 valence electrons. The first-order valence-corrected chi connectivity index (χ1v) is 6.10. The maximum atomic E-state index is 11.9. The van der Waals surface area contributed by atoms with Gasteiger partial charge < -0.3 is 9.64 Å². The number of morpholine rings is 1. The van der Waals surface area contributed by atoms with E-state index in [9.17, 15) is 9.59 Å². The van der Waals surface area contributed by atoms with Crippen molar-refractivity contribution < 1.29 is 14.3 Å². The Morgan fingerprint density at radius 3 is 2.71 bits per heavy atom. The van der Waals surface area contributed by atoms with Crippen LogP contribution in [-0.2, 0) is 9.53 Å². The first-order valence-electron chi connectivity index (χ1n) is 5.31. The standard InChI is InChI=1S/C12H12BrNO3/c13-10-3-1-9(2-4-10)11(15)7-14-5-6-17-8-12(14)16/h1-4H,5-8H2. The molecule has 0 spiro atoms. The maximum absolute atomic E-state index is 11.9. The lowest BCUT2D eigenvalue weighted by Crippen LogP contribution is -2.44. The first-order chi connectivity index (χ1) is 8.16. The quantitative estimate of drug-likeness (QED) is 0.794. The molecule has 1 aromatic carbocycles. The third-order valence-corrected chi connectivity index (χ3v) is 3.11. The van der Waals surface area contributed by atoms with Crippen molar-refractivity contribution in [3.05, 3.63) is 34.3 Å². The van der Waals surface area contributed by atoms with E-state index in [-0.39, 0.29) is 24.8 Å². The highest BCUT2D eigenvalue weighted by atomic mass is 79.9. The monoisotopic (exact) mass is 297 g/mol. The molecule has 2 rings (SSSR count). The average molecular weight is 298 g/mol. The van der Waals surface area contributed by atoms with Crippen molar-refractivity contribution in [3.8, 4) is 0 Å². The minimum atomic E-state index is -0.123. The molecule has 1 aliphatic rings. The van der Waals surface area contributed by atoms with Crippen LogP contribution in [-0.4, -0.2) is 42.9 Å². The number of carbonyl (C=O) groups is 2. The SMILES string of the molecule is O=C(CN1CCOCC1=O)c1ccc(Br)cc1. The molecule has 4 nitrogen and oxygen atoms in total. The van der Waals surface area contributed by atoms with E-state index in [2.05, 4.69) is 15.9 Å². The fourth-order valence-electron chi connectivity index (χ4n) is 1.62. The van der Waals surface area contributed by atoms with Gasteiger partial charge in [0, 0.05) is 16.6 Å². The van der Waals surface area contributed by atoms with E-state index >= 15 is 0 Å². The van der Waals surface area contributed by atoms with Crippen LogP contribution in [0.2, 0.25) is 0 Å². The van der Waals surface area contributed by atoms with Gasteiger partial charge in [0.2, 0.25) is 5.91 Å². The van der Waals surface area contributed by atoms with Crippen molar-refractivity contribution in [1.82, 2.24) is 4.90 Å². The van der Waals surface area contributed by atoms with Crippen molar-refractivity contribution >= 4 is 27.6 Å². The number of nitrogens with zero attached hydrogens (tertiary/aromatic N) is 1. The number of rotatable bonds is 3. The Labute approximate surface area is 108 Å². The van der Waals surface area contributed by atoms with Crippen molar-refractivity contribution in [2.45, 2.75) is 0 Å². The van der Waals surface area contributed by atoms with Crippen LogP contribution >= 0.6 is 15.9 Å². The van der Waals surface area contributed by atoms with Gasteiger partial charge in [-0.2, -0.15) is 0 Å². The number of halogens is 1. The van der Waals surface area contributed by atoms with Gasteiger partial charge in [0.05, 0.1) is 13.2 Å². The summed E-state index contributed by atoms with van der Waals surface area (Å²) in [6.07, 6.45) is 0. The highest BCUT2D eigenvalue weighted by molar-refractivity contribution is 9.10. The molecule has 1 amide bonds. The largest absolute Gasteiger partial charge is 0.370 e. The first kappa shape index (κ1) is 12.3. The van der Waals surface area contributed by atoms with Crippen molar-refractivity contribution in [3.63, 3.8) is 0 Å². The molecule has 1 aromatic rings. The molecule has 1 aliphatic heterocycles. The number of Topliss-reactive ketones (excluding diaryl/α,β-unsaturated/α-hetero) is 1.